The summed E-state index contributed by atoms with van der Waals surface area (Å²) in [5, 5.41) is 6.97. The van der Waals surface area contributed by atoms with E-state index < -0.39 is 0 Å². The van der Waals surface area contributed by atoms with E-state index in [-0.39, 0.29) is 23.5 Å². The molecule has 0 atom stereocenters. The van der Waals surface area contributed by atoms with Gasteiger partial charge in [-0.05, 0) is 44.0 Å². The minimum atomic E-state index is -0.253. The van der Waals surface area contributed by atoms with Crippen molar-refractivity contribution in [3.63, 3.8) is 0 Å². The number of thiazole rings is 1. The second-order valence-electron chi connectivity index (χ2n) is 10.2. The molecule has 4 heterocycles. The fourth-order valence-electron chi connectivity index (χ4n) is 5.46. The van der Waals surface area contributed by atoms with Crippen LogP contribution in [0, 0.1) is 12.7 Å². The molecule has 6 rings (SSSR count). The quantitative estimate of drug-likeness (QED) is 0.333. The number of carbonyl (C=O) groups is 2. The third-order valence-corrected chi connectivity index (χ3v) is 8.76. The molecular weight excluding hydrogens is 529 g/mol. The van der Waals surface area contributed by atoms with Crippen LogP contribution in [0.15, 0.2) is 64.5 Å². The summed E-state index contributed by atoms with van der Waals surface area (Å²) in [6, 6.07) is 16.1. The number of likely N-dealkylation sites (tertiary alicyclic amines) is 1. The molecule has 2 saturated heterocycles. The zero-order chi connectivity index (χ0) is 27.6. The summed E-state index contributed by atoms with van der Waals surface area (Å²) < 4.78 is 18.6. The highest BCUT2D eigenvalue weighted by atomic mass is 32.1. The van der Waals surface area contributed by atoms with Gasteiger partial charge in [-0.15, -0.1) is 11.3 Å². The Labute approximate surface area is 236 Å². The predicted octanol–water partition coefficient (Wildman–Crippen LogP) is 5.23. The Morgan fingerprint density at radius 3 is 2.27 bits per heavy atom. The number of nitrogens with zero attached hydrogens (tertiary/aromatic N) is 5. The monoisotopic (exact) mass is 559 g/mol. The van der Waals surface area contributed by atoms with Crippen LogP contribution in [0.2, 0.25) is 0 Å². The number of benzene rings is 2. The van der Waals surface area contributed by atoms with Crippen LogP contribution in [0.4, 0.5) is 10.1 Å². The van der Waals surface area contributed by atoms with Gasteiger partial charge in [-0.25, -0.2) is 9.37 Å². The van der Waals surface area contributed by atoms with Crippen molar-refractivity contribution in [1.29, 1.82) is 0 Å². The zero-order valence-electron chi connectivity index (χ0n) is 22.3. The SMILES string of the molecule is Cc1onc(-c2ccccc2)c1C(=O)N1CCC(c2nc(C(=O)N3CCN(c4ccc(F)cc4)CC3)cs2)CC1. The maximum Gasteiger partial charge on any atom is 0.273 e. The molecule has 2 amide bonds. The summed E-state index contributed by atoms with van der Waals surface area (Å²) >= 11 is 1.52. The van der Waals surface area contributed by atoms with E-state index in [0.29, 0.717) is 62.0 Å². The fraction of sp³-hybridized carbons (Fsp3) is 0.333. The van der Waals surface area contributed by atoms with Crippen molar-refractivity contribution in [2.24, 2.45) is 0 Å². The molecule has 2 aromatic heterocycles. The summed E-state index contributed by atoms with van der Waals surface area (Å²) in [6.07, 6.45) is 1.57. The Balaban J connectivity index is 1.05. The molecule has 0 radical (unpaired) electrons. The van der Waals surface area contributed by atoms with Gasteiger partial charge >= 0.3 is 0 Å². The first-order chi connectivity index (χ1) is 19.5. The Morgan fingerprint density at radius 2 is 1.57 bits per heavy atom. The van der Waals surface area contributed by atoms with E-state index in [1.54, 1.807) is 19.1 Å². The predicted molar refractivity (Wildman–Crippen MR) is 151 cm³/mol. The van der Waals surface area contributed by atoms with Gasteiger partial charge < -0.3 is 19.2 Å². The average molecular weight is 560 g/mol. The maximum absolute atomic E-state index is 13.5. The van der Waals surface area contributed by atoms with Gasteiger partial charge in [0.05, 0.1) is 5.01 Å². The van der Waals surface area contributed by atoms with Crippen molar-refractivity contribution in [1.82, 2.24) is 19.9 Å². The second-order valence-corrected chi connectivity index (χ2v) is 11.1. The molecule has 0 spiro atoms. The van der Waals surface area contributed by atoms with Crippen LogP contribution in [0.1, 0.15) is 50.4 Å². The van der Waals surface area contributed by atoms with Gasteiger partial charge in [0.1, 0.15) is 28.5 Å². The molecule has 0 aliphatic carbocycles. The van der Waals surface area contributed by atoms with Gasteiger partial charge in [-0.3, -0.25) is 9.59 Å². The number of aromatic nitrogens is 2. The number of anilines is 1. The normalized spacial score (nSPS) is 16.4. The second kappa shape index (κ2) is 11.2. The summed E-state index contributed by atoms with van der Waals surface area (Å²) in [7, 11) is 0. The van der Waals surface area contributed by atoms with Crippen LogP contribution in [-0.4, -0.2) is 71.0 Å². The third-order valence-electron chi connectivity index (χ3n) is 7.75. The number of amides is 2. The van der Waals surface area contributed by atoms with Crippen molar-refractivity contribution in [2.75, 3.05) is 44.2 Å². The van der Waals surface area contributed by atoms with Gasteiger partial charge in [0.25, 0.3) is 11.8 Å². The molecule has 8 nitrogen and oxygen atoms in total. The van der Waals surface area contributed by atoms with Crippen LogP contribution in [-0.2, 0) is 0 Å². The Hall–Kier alpha value is -4.05. The van der Waals surface area contributed by atoms with E-state index in [1.807, 2.05) is 45.5 Å². The molecule has 206 valence electrons. The summed E-state index contributed by atoms with van der Waals surface area (Å²) in [5.41, 5.74) is 3.40. The maximum atomic E-state index is 13.5. The van der Waals surface area contributed by atoms with Crippen molar-refractivity contribution in [3.05, 3.63) is 87.8 Å². The Kier molecular flexibility index (Phi) is 7.34. The molecular formula is C30H30FN5O3S. The number of rotatable bonds is 5. The molecule has 0 bridgehead atoms. The number of halogens is 1. The molecule has 2 fully saturated rings. The lowest BCUT2D eigenvalue weighted by Crippen LogP contribution is -2.48. The molecule has 2 aromatic carbocycles. The smallest absolute Gasteiger partial charge is 0.273 e. The number of carbonyl (C=O) groups excluding carboxylic acids is 2. The molecule has 40 heavy (non-hydrogen) atoms. The number of piperidine rings is 1. The van der Waals surface area contributed by atoms with Crippen LogP contribution in [0.5, 0.6) is 0 Å². The van der Waals surface area contributed by atoms with Gasteiger partial charge in [-0.1, -0.05) is 35.5 Å². The topological polar surface area (TPSA) is 82.8 Å². The Bertz CT molecular complexity index is 1490. The lowest BCUT2D eigenvalue weighted by atomic mass is 9.96. The van der Waals surface area contributed by atoms with E-state index in [4.69, 9.17) is 9.51 Å². The van der Waals surface area contributed by atoms with Crippen LogP contribution in [0.25, 0.3) is 11.3 Å². The largest absolute Gasteiger partial charge is 0.368 e. The van der Waals surface area contributed by atoms with E-state index in [0.717, 1.165) is 29.1 Å². The van der Waals surface area contributed by atoms with Crippen LogP contribution in [0.3, 0.4) is 0 Å². The van der Waals surface area contributed by atoms with Crippen molar-refractivity contribution < 1.29 is 18.5 Å². The molecule has 10 heteroatoms. The van der Waals surface area contributed by atoms with Crippen LogP contribution < -0.4 is 4.90 Å². The van der Waals surface area contributed by atoms with Gasteiger partial charge in [0.2, 0.25) is 0 Å². The zero-order valence-corrected chi connectivity index (χ0v) is 23.1. The molecule has 0 N–H and O–H groups in total. The summed E-state index contributed by atoms with van der Waals surface area (Å²) in [6.45, 7) is 5.56. The van der Waals surface area contributed by atoms with Crippen LogP contribution >= 0.6 is 11.3 Å². The van der Waals surface area contributed by atoms with Gasteiger partial charge in [-0.2, -0.15) is 0 Å². The van der Waals surface area contributed by atoms with Gasteiger partial charge in [0.15, 0.2) is 0 Å². The summed E-state index contributed by atoms with van der Waals surface area (Å²) in [5.74, 6) is 0.364. The first-order valence-corrected chi connectivity index (χ1v) is 14.4. The summed E-state index contributed by atoms with van der Waals surface area (Å²) in [4.78, 5) is 37.2. The number of hydrogen-bond donors (Lipinski definition) is 0. The number of hydrogen-bond acceptors (Lipinski definition) is 7. The first-order valence-electron chi connectivity index (χ1n) is 13.5. The standard InChI is InChI=1S/C30H30FN5O3S/c1-20-26(27(33-39-20)21-5-3-2-4-6-21)30(38)35-13-11-22(12-14-35)28-32-25(19-40-28)29(37)36-17-15-34(16-18-36)24-9-7-23(31)8-10-24/h2-10,19,22H,11-18H2,1H3. The number of aryl methyl sites for hydroxylation is 1. The van der Waals surface area contributed by atoms with E-state index in [2.05, 4.69) is 10.1 Å². The lowest BCUT2D eigenvalue weighted by Gasteiger charge is -2.35. The van der Waals surface area contributed by atoms with E-state index in [9.17, 15) is 14.0 Å². The highest BCUT2D eigenvalue weighted by molar-refractivity contribution is 7.09. The third kappa shape index (κ3) is 5.23. The molecule has 4 aromatic rings. The minimum Gasteiger partial charge on any atom is -0.368 e. The van der Waals surface area contributed by atoms with Crippen molar-refractivity contribution >= 4 is 28.8 Å². The average Bonchev–Trinajstić information content (AvgIpc) is 3.65. The number of piperazine rings is 1. The molecule has 0 saturated carbocycles. The van der Waals surface area contributed by atoms with E-state index in [1.165, 1.54) is 23.5 Å². The van der Waals surface area contributed by atoms with E-state index >= 15 is 0 Å². The minimum absolute atomic E-state index is 0.0507. The van der Waals surface area contributed by atoms with Gasteiger partial charge in [0, 0.05) is 61.8 Å². The Morgan fingerprint density at radius 1 is 0.900 bits per heavy atom. The molecule has 2 aliphatic rings. The fourth-order valence-corrected chi connectivity index (χ4v) is 6.42. The molecule has 0 unspecified atom stereocenters. The molecule has 2 aliphatic heterocycles. The highest BCUT2D eigenvalue weighted by Gasteiger charge is 2.31. The highest BCUT2D eigenvalue weighted by Crippen LogP contribution is 2.33. The lowest BCUT2D eigenvalue weighted by molar-refractivity contribution is 0.0711. The van der Waals surface area contributed by atoms with Crippen molar-refractivity contribution in [2.45, 2.75) is 25.7 Å². The van der Waals surface area contributed by atoms with Crippen molar-refractivity contribution in [3.8, 4) is 11.3 Å². The first kappa shape index (κ1) is 26.2.